The van der Waals surface area contributed by atoms with Crippen molar-refractivity contribution in [3.63, 3.8) is 0 Å². The molecule has 2 rings (SSSR count). The molecule has 0 bridgehead atoms. The highest BCUT2D eigenvalue weighted by Gasteiger charge is 2.31. The number of aliphatic hydroxyl groups is 1. The smallest absolute Gasteiger partial charge is 0.134 e. The Balaban J connectivity index is 2.29. The Morgan fingerprint density at radius 2 is 2.05 bits per heavy atom. The predicted molar refractivity (Wildman–Crippen MR) is 79.5 cm³/mol. The van der Waals surface area contributed by atoms with E-state index < -0.39 is 0 Å². The average molecular weight is 262 g/mol. The van der Waals surface area contributed by atoms with E-state index in [1.165, 1.54) is 19.3 Å². The summed E-state index contributed by atoms with van der Waals surface area (Å²) in [5.41, 5.74) is 3.20. The zero-order valence-electron chi connectivity index (χ0n) is 12.6. The molecule has 19 heavy (non-hydrogen) atoms. The average Bonchev–Trinajstić information content (AvgIpc) is 3.12. The molecule has 0 saturated heterocycles. The molecule has 0 spiro atoms. The van der Waals surface area contributed by atoms with Crippen LogP contribution in [0, 0.1) is 19.8 Å². The Kier molecular flexibility index (Phi) is 4.46. The molecule has 0 amide bonds. The second kappa shape index (κ2) is 5.91. The van der Waals surface area contributed by atoms with Gasteiger partial charge in [0, 0.05) is 23.8 Å². The van der Waals surface area contributed by atoms with E-state index in [0.717, 1.165) is 29.2 Å². The lowest BCUT2D eigenvalue weighted by Gasteiger charge is -2.27. The van der Waals surface area contributed by atoms with Gasteiger partial charge in [-0.15, -0.1) is 0 Å². The van der Waals surface area contributed by atoms with Crippen molar-refractivity contribution in [1.82, 2.24) is 4.98 Å². The number of hydrogen-bond donors (Lipinski definition) is 1. The summed E-state index contributed by atoms with van der Waals surface area (Å²) in [7, 11) is 0. The molecule has 1 aliphatic carbocycles. The predicted octanol–water partition coefficient (Wildman–Crippen LogP) is 3.21. The number of anilines is 1. The fourth-order valence-electron chi connectivity index (χ4n) is 2.52. The quantitative estimate of drug-likeness (QED) is 0.855. The van der Waals surface area contributed by atoms with Gasteiger partial charge in [0.25, 0.3) is 0 Å². The summed E-state index contributed by atoms with van der Waals surface area (Å²) in [5.74, 6) is 1.72. The lowest BCUT2D eigenvalue weighted by Crippen LogP contribution is -2.30. The van der Waals surface area contributed by atoms with Crippen LogP contribution in [0.25, 0.3) is 0 Å². The van der Waals surface area contributed by atoms with Crippen LogP contribution in [0.15, 0.2) is 6.07 Å². The standard InChI is InChI=1S/C16H26N2O/c1-11(2)7-8-18(14-5-6-14)16-15(10-19)12(3)9-13(4)17-16/h9,11,14,19H,5-8,10H2,1-4H3. The maximum atomic E-state index is 9.65. The Labute approximate surface area is 116 Å². The van der Waals surface area contributed by atoms with Gasteiger partial charge in [-0.2, -0.15) is 0 Å². The number of pyridine rings is 1. The van der Waals surface area contributed by atoms with Crippen LogP contribution in [-0.4, -0.2) is 22.7 Å². The molecule has 0 unspecified atom stereocenters. The molecule has 1 fully saturated rings. The molecule has 0 aromatic carbocycles. The molecule has 1 aromatic heterocycles. The Hall–Kier alpha value is -1.09. The molecular weight excluding hydrogens is 236 g/mol. The first-order valence-corrected chi connectivity index (χ1v) is 7.37. The van der Waals surface area contributed by atoms with Crippen molar-refractivity contribution in [3.05, 3.63) is 22.9 Å². The lowest BCUT2D eigenvalue weighted by atomic mass is 10.1. The van der Waals surface area contributed by atoms with Crippen molar-refractivity contribution >= 4 is 5.82 Å². The van der Waals surface area contributed by atoms with Crippen LogP contribution < -0.4 is 4.90 Å². The van der Waals surface area contributed by atoms with Gasteiger partial charge in [0.15, 0.2) is 0 Å². The van der Waals surface area contributed by atoms with E-state index >= 15 is 0 Å². The van der Waals surface area contributed by atoms with Crippen molar-refractivity contribution in [2.45, 2.75) is 59.6 Å². The third-order valence-corrected chi connectivity index (χ3v) is 3.82. The monoisotopic (exact) mass is 262 g/mol. The van der Waals surface area contributed by atoms with E-state index in [4.69, 9.17) is 4.98 Å². The molecule has 106 valence electrons. The van der Waals surface area contributed by atoms with Gasteiger partial charge >= 0.3 is 0 Å². The summed E-state index contributed by atoms with van der Waals surface area (Å²) in [6.45, 7) is 9.74. The van der Waals surface area contributed by atoms with Gasteiger partial charge in [-0.25, -0.2) is 4.98 Å². The van der Waals surface area contributed by atoms with Gasteiger partial charge < -0.3 is 10.0 Å². The topological polar surface area (TPSA) is 36.4 Å². The van der Waals surface area contributed by atoms with Gasteiger partial charge in [0.2, 0.25) is 0 Å². The van der Waals surface area contributed by atoms with Gasteiger partial charge in [-0.3, -0.25) is 0 Å². The minimum absolute atomic E-state index is 0.0827. The van der Waals surface area contributed by atoms with Gasteiger partial charge in [0.05, 0.1) is 6.61 Å². The Morgan fingerprint density at radius 1 is 1.37 bits per heavy atom. The van der Waals surface area contributed by atoms with Crippen LogP contribution in [0.5, 0.6) is 0 Å². The van der Waals surface area contributed by atoms with Gasteiger partial charge in [-0.1, -0.05) is 13.8 Å². The first-order chi connectivity index (χ1) is 9.02. The highest BCUT2D eigenvalue weighted by atomic mass is 16.3. The molecule has 3 nitrogen and oxygen atoms in total. The molecule has 0 atom stereocenters. The minimum Gasteiger partial charge on any atom is -0.392 e. The van der Waals surface area contributed by atoms with Crippen LogP contribution >= 0.6 is 0 Å². The molecule has 1 saturated carbocycles. The summed E-state index contributed by atoms with van der Waals surface area (Å²) < 4.78 is 0. The van der Waals surface area contributed by atoms with Crippen molar-refractivity contribution in [1.29, 1.82) is 0 Å². The highest BCUT2D eigenvalue weighted by Crippen LogP contribution is 2.34. The molecule has 3 heteroatoms. The Morgan fingerprint density at radius 3 is 2.58 bits per heavy atom. The van der Waals surface area contributed by atoms with Crippen LogP contribution in [-0.2, 0) is 6.61 Å². The number of aryl methyl sites for hydroxylation is 2. The lowest BCUT2D eigenvalue weighted by molar-refractivity contribution is 0.280. The van der Waals surface area contributed by atoms with E-state index in [2.05, 4.69) is 31.7 Å². The van der Waals surface area contributed by atoms with E-state index in [0.29, 0.717) is 12.0 Å². The highest BCUT2D eigenvalue weighted by molar-refractivity contribution is 5.53. The van der Waals surface area contributed by atoms with Crippen molar-refractivity contribution < 1.29 is 5.11 Å². The maximum absolute atomic E-state index is 9.65. The molecular formula is C16H26N2O. The third-order valence-electron chi connectivity index (χ3n) is 3.82. The molecule has 0 aliphatic heterocycles. The van der Waals surface area contributed by atoms with E-state index in [1.807, 2.05) is 6.92 Å². The number of nitrogens with zero attached hydrogens (tertiary/aromatic N) is 2. The largest absolute Gasteiger partial charge is 0.392 e. The van der Waals surface area contributed by atoms with E-state index in [9.17, 15) is 5.11 Å². The van der Waals surface area contributed by atoms with Crippen LogP contribution in [0.4, 0.5) is 5.82 Å². The number of rotatable bonds is 6. The number of aliphatic hydroxyl groups excluding tert-OH is 1. The molecule has 1 aromatic rings. The van der Waals surface area contributed by atoms with Crippen molar-refractivity contribution in [3.8, 4) is 0 Å². The second-order valence-corrected chi connectivity index (χ2v) is 6.15. The molecule has 0 radical (unpaired) electrons. The van der Waals surface area contributed by atoms with E-state index in [1.54, 1.807) is 0 Å². The summed E-state index contributed by atoms with van der Waals surface area (Å²) >= 11 is 0. The van der Waals surface area contributed by atoms with Crippen molar-refractivity contribution in [2.75, 3.05) is 11.4 Å². The second-order valence-electron chi connectivity index (χ2n) is 6.15. The normalized spacial score (nSPS) is 15.1. The minimum atomic E-state index is 0.0827. The number of aromatic nitrogens is 1. The third kappa shape index (κ3) is 3.47. The molecule has 1 heterocycles. The maximum Gasteiger partial charge on any atom is 0.134 e. The van der Waals surface area contributed by atoms with Crippen LogP contribution in [0.2, 0.25) is 0 Å². The Bertz CT molecular complexity index is 439. The van der Waals surface area contributed by atoms with Crippen LogP contribution in [0.3, 0.4) is 0 Å². The van der Waals surface area contributed by atoms with Crippen molar-refractivity contribution in [2.24, 2.45) is 5.92 Å². The summed E-state index contributed by atoms with van der Waals surface area (Å²) in [6, 6.07) is 2.69. The zero-order chi connectivity index (χ0) is 14.0. The summed E-state index contributed by atoms with van der Waals surface area (Å²) in [6.07, 6.45) is 3.70. The SMILES string of the molecule is Cc1cc(C)c(CO)c(N(CCC(C)C)C2CC2)n1. The van der Waals surface area contributed by atoms with Crippen LogP contribution in [0.1, 0.15) is 49.9 Å². The summed E-state index contributed by atoms with van der Waals surface area (Å²) in [5, 5.41) is 9.65. The van der Waals surface area contributed by atoms with Gasteiger partial charge in [-0.05, 0) is 50.7 Å². The molecule has 1 N–H and O–H groups in total. The zero-order valence-corrected chi connectivity index (χ0v) is 12.6. The summed E-state index contributed by atoms with van der Waals surface area (Å²) in [4.78, 5) is 7.13. The molecule has 1 aliphatic rings. The van der Waals surface area contributed by atoms with Gasteiger partial charge in [0.1, 0.15) is 5.82 Å². The first kappa shape index (κ1) is 14.3. The first-order valence-electron chi connectivity index (χ1n) is 7.37. The number of hydrogen-bond acceptors (Lipinski definition) is 3. The van der Waals surface area contributed by atoms with E-state index in [-0.39, 0.29) is 6.61 Å². The fourth-order valence-corrected chi connectivity index (χ4v) is 2.52. The fraction of sp³-hybridized carbons (Fsp3) is 0.688.